The van der Waals surface area contributed by atoms with E-state index in [4.69, 9.17) is 9.47 Å². The van der Waals surface area contributed by atoms with Gasteiger partial charge in [-0.05, 0) is 24.6 Å². The fourth-order valence-corrected chi connectivity index (χ4v) is 4.25. The van der Waals surface area contributed by atoms with Crippen molar-refractivity contribution in [2.45, 2.75) is 18.4 Å². The second-order valence-electron chi connectivity index (χ2n) is 7.05. The van der Waals surface area contributed by atoms with Crippen LogP contribution in [0.2, 0.25) is 0 Å². The van der Waals surface area contributed by atoms with Crippen molar-refractivity contribution >= 4 is 22.6 Å². The molecule has 0 amide bonds. The van der Waals surface area contributed by atoms with Gasteiger partial charge in [0.25, 0.3) is 0 Å². The number of ether oxygens (including phenoxy) is 2. The molecule has 0 aliphatic rings. The lowest BCUT2D eigenvalue weighted by molar-refractivity contribution is -0.135. The van der Waals surface area contributed by atoms with Gasteiger partial charge in [0.15, 0.2) is 0 Å². The molecule has 0 saturated carbocycles. The molecule has 0 aliphatic carbocycles. The van der Waals surface area contributed by atoms with Crippen molar-refractivity contribution in [2.75, 3.05) is 13.7 Å². The van der Waals surface area contributed by atoms with Crippen LogP contribution >= 0.6 is 0 Å². The van der Waals surface area contributed by atoms with Gasteiger partial charge < -0.3 is 9.47 Å². The van der Waals surface area contributed by atoms with E-state index in [1.54, 1.807) is 42.5 Å². The van der Waals surface area contributed by atoms with Gasteiger partial charge in [0, 0.05) is 10.5 Å². The Bertz CT molecular complexity index is 1120. The summed E-state index contributed by atoms with van der Waals surface area (Å²) in [5.41, 5.74) is 1.95. The summed E-state index contributed by atoms with van der Waals surface area (Å²) in [4.78, 5) is 26.5. The predicted octanol–water partition coefficient (Wildman–Crippen LogP) is 4.63. The molecule has 5 nitrogen and oxygen atoms in total. The van der Waals surface area contributed by atoms with E-state index < -0.39 is 22.6 Å². The van der Waals surface area contributed by atoms with E-state index in [0.717, 1.165) is 11.1 Å². The fraction of sp³-hybridized carbons (Fsp3) is 0.154. The number of methoxy groups -OCH3 is 1. The van der Waals surface area contributed by atoms with Crippen molar-refractivity contribution in [3.8, 4) is 0 Å². The lowest BCUT2D eigenvalue weighted by atomic mass is 10.0. The Morgan fingerprint density at radius 3 is 2.03 bits per heavy atom. The number of aryl methyl sites for hydroxylation is 1. The Labute approximate surface area is 190 Å². The van der Waals surface area contributed by atoms with Crippen LogP contribution in [0.4, 0.5) is 0 Å². The van der Waals surface area contributed by atoms with Crippen LogP contribution in [-0.4, -0.2) is 29.7 Å². The van der Waals surface area contributed by atoms with Crippen LogP contribution in [-0.2, 0) is 31.7 Å². The Morgan fingerprint density at radius 2 is 1.44 bits per heavy atom. The van der Waals surface area contributed by atoms with Gasteiger partial charge in [-0.15, -0.1) is 0 Å². The lowest BCUT2D eigenvalue weighted by Gasteiger charge is -2.14. The lowest BCUT2D eigenvalue weighted by Crippen LogP contribution is -2.21. The van der Waals surface area contributed by atoms with Crippen LogP contribution in [0.1, 0.15) is 21.5 Å². The molecule has 0 radical (unpaired) electrons. The van der Waals surface area contributed by atoms with Crippen LogP contribution in [0.3, 0.4) is 0 Å². The monoisotopic (exact) mass is 448 g/mol. The minimum Gasteiger partial charge on any atom is -0.465 e. The molecule has 32 heavy (non-hydrogen) atoms. The van der Waals surface area contributed by atoms with Crippen LogP contribution in [0, 0.1) is 6.92 Å². The maximum absolute atomic E-state index is 13.5. The third-order valence-corrected chi connectivity index (χ3v) is 6.20. The molecule has 0 heterocycles. The standard InChI is InChI=1S/C26H24O5S/c1-19-13-15-22(16-14-19)32(29)23(18-31-17-20-9-5-3-6-10-20)24(26(28)30-2)25(27)21-11-7-4-8-12-21/h3-16H,17-18H2,1-2H3/b24-23+. The first-order valence-corrected chi connectivity index (χ1v) is 11.2. The smallest absolute Gasteiger partial charge is 0.342 e. The largest absolute Gasteiger partial charge is 0.465 e. The molecule has 3 aromatic rings. The number of benzene rings is 3. The quantitative estimate of drug-likeness (QED) is 0.157. The van der Waals surface area contributed by atoms with Crippen molar-refractivity contribution in [1.82, 2.24) is 0 Å². The number of Topliss-reactive ketones (excluding diaryl/α,β-unsaturated/α-hetero) is 1. The highest BCUT2D eigenvalue weighted by atomic mass is 32.2. The SMILES string of the molecule is COC(=O)/C(C(=O)c1ccccc1)=C(\COCc1ccccc1)S(=O)c1ccc(C)cc1. The predicted molar refractivity (Wildman–Crippen MR) is 123 cm³/mol. The molecule has 0 aliphatic heterocycles. The number of rotatable bonds is 9. The topological polar surface area (TPSA) is 69.7 Å². The first-order chi connectivity index (χ1) is 15.5. The van der Waals surface area contributed by atoms with Crippen molar-refractivity contribution in [2.24, 2.45) is 0 Å². The van der Waals surface area contributed by atoms with E-state index in [0.29, 0.717) is 10.5 Å². The summed E-state index contributed by atoms with van der Waals surface area (Å²) in [5.74, 6) is -1.41. The van der Waals surface area contributed by atoms with Crippen molar-refractivity contribution in [3.05, 3.63) is 112 Å². The molecule has 0 saturated heterocycles. The van der Waals surface area contributed by atoms with Crippen LogP contribution in [0.15, 0.2) is 100 Å². The van der Waals surface area contributed by atoms with Crippen molar-refractivity contribution < 1.29 is 23.3 Å². The molecule has 3 aromatic carbocycles. The summed E-state index contributed by atoms with van der Waals surface area (Å²) in [6, 6.07) is 24.9. The van der Waals surface area contributed by atoms with Crippen LogP contribution in [0.5, 0.6) is 0 Å². The molecule has 3 rings (SSSR count). The van der Waals surface area contributed by atoms with Gasteiger partial charge in [-0.1, -0.05) is 78.4 Å². The fourth-order valence-electron chi connectivity index (χ4n) is 3.03. The number of ketones is 1. The zero-order valence-corrected chi connectivity index (χ0v) is 18.8. The minimum absolute atomic E-state index is 0.0745. The first-order valence-electron chi connectivity index (χ1n) is 10.0. The molecular formula is C26H24O5S. The van der Waals surface area contributed by atoms with Gasteiger partial charge in [0.2, 0.25) is 5.78 Å². The van der Waals surface area contributed by atoms with Gasteiger partial charge in [-0.25, -0.2) is 9.00 Å². The summed E-state index contributed by atoms with van der Waals surface area (Å²) < 4.78 is 24.2. The maximum Gasteiger partial charge on any atom is 0.342 e. The number of carbonyl (C=O) groups excluding carboxylic acids is 2. The van der Waals surface area contributed by atoms with E-state index in [1.165, 1.54) is 7.11 Å². The Hall–Kier alpha value is -3.35. The van der Waals surface area contributed by atoms with E-state index in [1.807, 2.05) is 49.4 Å². The summed E-state index contributed by atoms with van der Waals surface area (Å²) >= 11 is 0. The molecule has 0 N–H and O–H groups in total. The third kappa shape index (κ3) is 5.87. The summed E-state index contributed by atoms with van der Waals surface area (Å²) in [6.07, 6.45) is 0. The maximum atomic E-state index is 13.5. The Balaban J connectivity index is 2.03. The average molecular weight is 449 g/mol. The van der Waals surface area contributed by atoms with Gasteiger partial charge in [0.05, 0.1) is 36.0 Å². The molecule has 0 fully saturated rings. The number of hydrogen-bond donors (Lipinski definition) is 0. The minimum atomic E-state index is -1.80. The van der Waals surface area contributed by atoms with Gasteiger partial charge in [0.1, 0.15) is 5.57 Å². The molecule has 164 valence electrons. The highest BCUT2D eigenvalue weighted by Gasteiger charge is 2.29. The van der Waals surface area contributed by atoms with Gasteiger partial charge >= 0.3 is 5.97 Å². The van der Waals surface area contributed by atoms with Crippen LogP contribution in [0.25, 0.3) is 0 Å². The zero-order valence-electron chi connectivity index (χ0n) is 17.9. The third-order valence-electron chi connectivity index (χ3n) is 4.73. The molecule has 0 spiro atoms. The van der Waals surface area contributed by atoms with E-state index in [-0.39, 0.29) is 23.7 Å². The Kier molecular flexibility index (Phi) is 8.25. The molecule has 0 bridgehead atoms. The highest BCUT2D eigenvalue weighted by Crippen LogP contribution is 2.23. The van der Waals surface area contributed by atoms with Crippen molar-refractivity contribution in [3.63, 3.8) is 0 Å². The zero-order chi connectivity index (χ0) is 22.9. The number of hydrogen-bond acceptors (Lipinski definition) is 5. The first kappa shape index (κ1) is 23.3. The molecule has 0 aromatic heterocycles. The number of esters is 1. The molecule has 6 heteroatoms. The summed E-state index contributed by atoms with van der Waals surface area (Å²) in [5, 5.41) is 0. The molecule has 1 atom stereocenters. The van der Waals surface area contributed by atoms with E-state index in [2.05, 4.69) is 0 Å². The van der Waals surface area contributed by atoms with E-state index in [9.17, 15) is 13.8 Å². The van der Waals surface area contributed by atoms with Gasteiger partial charge in [-0.3, -0.25) is 4.79 Å². The summed E-state index contributed by atoms with van der Waals surface area (Å²) in [7, 11) is -0.609. The van der Waals surface area contributed by atoms with E-state index >= 15 is 0 Å². The normalized spacial score (nSPS) is 12.6. The average Bonchev–Trinajstić information content (AvgIpc) is 2.84. The highest BCUT2D eigenvalue weighted by molar-refractivity contribution is 7.89. The second kappa shape index (κ2) is 11.3. The summed E-state index contributed by atoms with van der Waals surface area (Å²) in [6.45, 7) is 1.99. The van der Waals surface area contributed by atoms with Crippen molar-refractivity contribution in [1.29, 1.82) is 0 Å². The Morgan fingerprint density at radius 1 is 0.844 bits per heavy atom. The molecule has 1 unspecified atom stereocenters. The second-order valence-corrected chi connectivity index (χ2v) is 8.55. The molecular weight excluding hydrogens is 424 g/mol. The van der Waals surface area contributed by atoms with Gasteiger partial charge in [-0.2, -0.15) is 0 Å². The number of carbonyl (C=O) groups is 2. The van der Waals surface area contributed by atoms with Crippen LogP contribution < -0.4 is 0 Å².